The van der Waals surface area contributed by atoms with Crippen LogP contribution in [0.2, 0.25) is 0 Å². The fraction of sp³-hybridized carbons (Fsp3) is 0.500. The van der Waals surface area contributed by atoms with Crippen LogP contribution in [-0.4, -0.2) is 32.2 Å². The fourth-order valence-corrected chi connectivity index (χ4v) is 5.64. The van der Waals surface area contributed by atoms with Gasteiger partial charge in [-0.2, -0.15) is 0 Å². The van der Waals surface area contributed by atoms with Gasteiger partial charge in [0, 0.05) is 23.1 Å². The standard InChI is InChI=1S/C20H24N4O2S2/c1-10(2)5-13-12-7-26-20(3,4)6-11(12)15-16-17(28-18(15)24-13)19(23-9-22-16)27-8-14(21)25/h9-10H,5-8H2,1-4H3,(H2,21,25). The second kappa shape index (κ2) is 7.24. The predicted molar refractivity (Wildman–Crippen MR) is 114 cm³/mol. The molecule has 0 spiro atoms. The van der Waals surface area contributed by atoms with Crippen LogP contribution in [0.15, 0.2) is 11.4 Å². The molecule has 2 N–H and O–H groups in total. The number of thioether (sulfide) groups is 1. The number of thiophene rings is 1. The van der Waals surface area contributed by atoms with Gasteiger partial charge < -0.3 is 10.5 Å². The van der Waals surface area contributed by atoms with Crippen LogP contribution >= 0.6 is 23.1 Å². The normalized spacial score (nSPS) is 16.0. The Kier molecular flexibility index (Phi) is 5.05. The fourth-order valence-electron chi connectivity index (χ4n) is 3.65. The lowest BCUT2D eigenvalue weighted by molar-refractivity contribution is -0.115. The molecule has 0 radical (unpaired) electrons. The van der Waals surface area contributed by atoms with Crippen molar-refractivity contribution in [2.75, 3.05) is 5.75 Å². The van der Waals surface area contributed by atoms with Crippen LogP contribution in [0.5, 0.6) is 0 Å². The Hall–Kier alpha value is -1.77. The molecule has 1 aliphatic heterocycles. The molecule has 1 amide bonds. The van der Waals surface area contributed by atoms with Crippen LogP contribution in [0.25, 0.3) is 20.4 Å². The number of rotatable bonds is 5. The van der Waals surface area contributed by atoms with E-state index in [0.717, 1.165) is 44.0 Å². The van der Waals surface area contributed by atoms with Crippen molar-refractivity contribution in [2.24, 2.45) is 11.7 Å². The minimum Gasteiger partial charge on any atom is -0.370 e. The summed E-state index contributed by atoms with van der Waals surface area (Å²) in [6, 6.07) is 0. The van der Waals surface area contributed by atoms with Gasteiger partial charge in [-0.15, -0.1) is 11.3 Å². The Morgan fingerprint density at radius 3 is 2.86 bits per heavy atom. The first kappa shape index (κ1) is 19.5. The van der Waals surface area contributed by atoms with Gasteiger partial charge in [0.2, 0.25) is 5.91 Å². The second-order valence-corrected chi connectivity index (χ2v) is 10.2. The Morgan fingerprint density at radius 2 is 2.14 bits per heavy atom. The smallest absolute Gasteiger partial charge is 0.227 e. The number of aromatic nitrogens is 3. The van der Waals surface area contributed by atoms with Crippen LogP contribution in [0.3, 0.4) is 0 Å². The van der Waals surface area contributed by atoms with E-state index in [2.05, 4.69) is 37.7 Å². The minimum atomic E-state index is -0.355. The molecule has 8 heteroatoms. The van der Waals surface area contributed by atoms with E-state index in [9.17, 15) is 4.79 Å². The van der Waals surface area contributed by atoms with Crippen molar-refractivity contribution in [3.8, 4) is 0 Å². The Bertz CT molecular complexity index is 1080. The van der Waals surface area contributed by atoms with Gasteiger partial charge in [0.1, 0.15) is 16.2 Å². The highest BCUT2D eigenvalue weighted by Gasteiger charge is 2.31. The number of nitrogens with two attached hydrogens (primary N) is 1. The van der Waals surface area contributed by atoms with Gasteiger partial charge >= 0.3 is 0 Å². The third kappa shape index (κ3) is 3.60. The Morgan fingerprint density at radius 1 is 1.36 bits per heavy atom. The molecule has 0 aromatic carbocycles. The molecular formula is C20H24N4O2S2. The molecule has 0 atom stereocenters. The minimum absolute atomic E-state index is 0.200. The number of amides is 1. The van der Waals surface area contributed by atoms with Gasteiger partial charge in [-0.1, -0.05) is 25.6 Å². The maximum atomic E-state index is 11.2. The molecule has 3 aromatic heterocycles. The first-order valence-electron chi connectivity index (χ1n) is 9.38. The van der Waals surface area contributed by atoms with E-state index in [-0.39, 0.29) is 17.3 Å². The molecule has 4 rings (SSSR count). The molecule has 0 fully saturated rings. The van der Waals surface area contributed by atoms with Gasteiger partial charge in [-0.3, -0.25) is 4.79 Å². The van der Waals surface area contributed by atoms with E-state index < -0.39 is 0 Å². The monoisotopic (exact) mass is 416 g/mol. The highest BCUT2D eigenvalue weighted by molar-refractivity contribution is 8.00. The molecule has 0 bridgehead atoms. The van der Waals surface area contributed by atoms with Crippen molar-refractivity contribution in [1.82, 2.24) is 15.0 Å². The molecule has 6 nitrogen and oxygen atoms in total. The maximum absolute atomic E-state index is 11.2. The maximum Gasteiger partial charge on any atom is 0.227 e. The largest absolute Gasteiger partial charge is 0.370 e. The topological polar surface area (TPSA) is 91.0 Å². The number of pyridine rings is 1. The molecule has 0 saturated carbocycles. The quantitative estimate of drug-likeness (QED) is 0.501. The summed E-state index contributed by atoms with van der Waals surface area (Å²) in [7, 11) is 0. The summed E-state index contributed by atoms with van der Waals surface area (Å²) in [5, 5.41) is 1.90. The third-order valence-electron chi connectivity index (χ3n) is 4.83. The lowest BCUT2D eigenvalue weighted by Crippen LogP contribution is -2.33. The van der Waals surface area contributed by atoms with Crippen molar-refractivity contribution in [3.05, 3.63) is 23.1 Å². The molecule has 3 aromatic rings. The number of primary amides is 1. The van der Waals surface area contributed by atoms with Crippen molar-refractivity contribution in [3.63, 3.8) is 0 Å². The summed E-state index contributed by atoms with van der Waals surface area (Å²) in [4.78, 5) is 26.2. The van der Waals surface area contributed by atoms with Crippen molar-refractivity contribution in [2.45, 2.75) is 57.8 Å². The van der Waals surface area contributed by atoms with Crippen molar-refractivity contribution in [1.29, 1.82) is 0 Å². The number of carbonyl (C=O) groups excluding carboxylic acids is 1. The highest BCUT2D eigenvalue weighted by Crippen LogP contribution is 2.42. The van der Waals surface area contributed by atoms with Gasteiger partial charge in [0.05, 0.1) is 28.2 Å². The van der Waals surface area contributed by atoms with Crippen molar-refractivity contribution < 1.29 is 9.53 Å². The molecular weight excluding hydrogens is 392 g/mol. The number of ether oxygens (including phenoxy) is 1. The number of hydrogen-bond acceptors (Lipinski definition) is 7. The van der Waals surface area contributed by atoms with Crippen LogP contribution in [0, 0.1) is 5.92 Å². The average Bonchev–Trinajstić information content (AvgIpc) is 2.97. The van der Waals surface area contributed by atoms with Crippen LogP contribution in [-0.2, 0) is 29.0 Å². The summed E-state index contributed by atoms with van der Waals surface area (Å²) in [6.07, 6.45) is 3.31. The zero-order valence-electron chi connectivity index (χ0n) is 16.5. The molecule has 0 aliphatic carbocycles. The van der Waals surface area contributed by atoms with Crippen molar-refractivity contribution >= 4 is 49.4 Å². The Balaban J connectivity index is 1.97. The summed E-state index contributed by atoms with van der Waals surface area (Å²) in [6.45, 7) is 9.25. The average molecular weight is 417 g/mol. The Labute approximate surface area is 172 Å². The van der Waals surface area contributed by atoms with E-state index in [4.69, 9.17) is 15.5 Å². The molecule has 0 unspecified atom stereocenters. The van der Waals surface area contributed by atoms with E-state index in [0.29, 0.717) is 12.5 Å². The zero-order chi connectivity index (χ0) is 20.1. The number of hydrogen-bond donors (Lipinski definition) is 1. The van der Waals surface area contributed by atoms with Crippen LogP contribution in [0.4, 0.5) is 0 Å². The highest BCUT2D eigenvalue weighted by atomic mass is 32.2. The molecule has 28 heavy (non-hydrogen) atoms. The second-order valence-electron chi connectivity index (χ2n) is 8.23. The van der Waals surface area contributed by atoms with Crippen LogP contribution in [0.1, 0.15) is 44.5 Å². The van der Waals surface area contributed by atoms with Gasteiger partial charge in [0.25, 0.3) is 0 Å². The summed E-state index contributed by atoms with van der Waals surface area (Å²) >= 11 is 2.96. The third-order valence-corrected chi connectivity index (χ3v) is 7.05. The van der Waals surface area contributed by atoms with E-state index >= 15 is 0 Å². The molecule has 0 saturated heterocycles. The van der Waals surface area contributed by atoms with Crippen LogP contribution < -0.4 is 5.73 Å². The van der Waals surface area contributed by atoms with E-state index in [1.807, 2.05) is 0 Å². The zero-order valence-corrected chi connectivity index (χ0v) is 18.2. The first-order valence-corrected chi connectivity index (χ1v) is 11.2. The first-order chi connectivity index (χ1) is 13.2. The van der Waals surface area contributed by atoms with E-state index in [1.54, 1.807) is 17.7 Å². The summed E-state index contributed by atoms with van der Waals surface area (Å²) < 4.78 is 7.09. The number of nitrogens with zero attached hydrogens (tertiary/aromatic N) is 3. The lowest BCUT2D eigenvalue weighted by atomic mass is 9.88. The van der Waals surface area contributed by atoms with Gasteiger partial charge in [0.15, 0.2) is 0 Å². The molecule has 4 heterocycles. The molecule has 1 aliphatic rings. The van der Waals surface area contributed by atoms with Gasteiger partial charge in [-0.05, 0) is 31.7 Å². The SMILES string of the molecule is CC(C)Cc1nc2sc3c(SCC(N)=O)ncnc3c2c2c1COC(C)(C)C2. The molecule has 148 valence electrons. The number of fused-ring (bicyclic) bond motifs is 5. The predicted octanol–water partition coefficient (Wildman–Crippen LogP) is 3.87. The van der Waals surface area contributed by atoms with Gasteiger partial charge in [-0.25, -0.2) is 15.0 Å². The summed E-state index contributed by atoms with van der Waals surface area (Å²) in [5.41, 5.74) is 9.65. The summed E-state index contributed by atoms with van der Waals surface area (Å²) in [5.74, 6) is 0.358. The van der Waals surface area contributed by atoms with E-state index in [1.165, 1.54) is 22.9 Å². The number of carbonyl (C=O) groups is 1. The lowest BCUT2D eigenvalue weighted by Gasteiger charge is -2.33.